The molecule has 132 valence electrons. The van der Waals surface area contributed by atoms with Gasteiger partial charge in [0.25, 0.3) is 5.69 Å². The molecule has 0 spiro atoms. The maximum atomic E-state index is 11.1. The molecule has 0 saturated carbocycles. The van der Waals surface area contributed by atoms with E-state index in [4.69, 9.17) is 17.3 Å². The maximum Gasteiger partial charge on any atom is 0.292 e. The lowest BCUT2D eigenvalue weighted by atomic mass is 10.2. The zero-order valence-corrected chi connectivity index (χ0v) is 14.5. The van der Waals surface area contributed by atoms with Crippen molar-refractivity contribution in [3.63, 3.8) is 0 Å². The van der Waals surface area contributed by atoms with Gasteiger partial charge in [0.2, 0.25) is 0 Å². The standard InChI is InChI=1S/C17H15ClN6O2/c1-23(11-6-7-13(19)12(18)8-11)17-9-16(20-10-21-17)22-14-4-2-3-5-15(14)24(25)26/h2-10H,19H2,1H3,(H,20,21,22). The Morgan fingerprint density at radius 1 is 1.19 bits per heavy atom. The molecule has 0 amide bonds. The van der Waals surface area contributed by atoms with Crippen LogP contribution in [0.5, 0.6) is 0 Å². The first-order valence-corrected chi connectivity index (χ1v) is 7.95. The van der Waals surface area contributed by atoms with Crippen molar-refractivity contribution in [2.24, 2.45) is 0 Å². The number of nitro groups is 1. The van der Waals surface area contributed by atoms with Crippen molar-refractivity contribution in [3.05, 3.63) is 70.0 Å². The van der Waals surface area contributed by atoms with Crippen molar-refractivity contribution >= 4 is 46.0 Å². The van der Waals surface area contributed by atoms with Gasteiger partial charge >= 0.3 is 0 Å². The van der Waals surface area contributed by atoms with E-state index in [0.717, 1.165) is 5.69 Å². The molecule has 3 aromatic rings. The molecule has 9 heteroatoms. The van der Waals surface area contributed by atoms with E-state index >= 15 is 0 Å². The van der Waals surface area contributed by atoms with Gasteiger partial charge in [0.05, 0.1) is 15.6 Å². The zero-order valence-electron chi connectivity index (χ0n) is 13.8. The van der Waals surface area contributed by atoms with E-state index in [1.165, 1.54) is 12.4 Å². The number of nitrogens with one attached hydrogen (secondary N) is 1. The third kappa shape index (κ3) is 3.65. The largest absolute Gasteiger partial charge is 0.398 e. The summed E-state index contributed by atoms with van der Waals surface area (Å²) >= 11 is 6.07. The van der Waals surface area contributed by atoms with Crippen molar-refractivity contribution in [2.45, 2.75) is 0 Å². The van der Waals surface area contributed by atoms with Crippen LogP contribution in [0.3, 0.4) is 0 Å². The number of aromatic nitrogens is 2. The molecule has 0 aliphatic rings. The number of hydrogen-bond acceptors (Lipinski definition) is 7. The van der Waals surface area contributed by atoms with Crippen molar-refractivity contribution in [1.82, 2.24) is 9.97 Å². The highest BCUT2D eigenvalue weighted by molar-refractivity contribution is 6.33. The lowest BCUT2D eigenvalue weighted by Gasteiger charge is -2.19. The summed E-state index contributed by atoms with van der Waals surface area (Å²) in [6, 6.07) is 13.3. The van der Waals surface area contributed by atoms with Crippen LogP contribution in [0, 0.1) is 10.1 Å². The lowest BCUT2D eigenvalue weighted by molar-refractivity contribution is -0.383. The van der Waals surface area contributed by atoms with Crippen molar-refractivity contribution < 1.29 is 4.92 Å². The molecule has 0 radical (unpaired) electrons. The normalized spacial score (nSPS) is 10.4. The van der Waals surface area contributed by atoms with E-state index in [-0.39, 0.29) is 5.69 Å². The average molecular weight is 371 g/mol. The molecule has 2 aromatic carbocycles. The van der Waals surface area contributed by atoms with Gasteiger partial charge in [-0.2, -0.15) is 0 Å². The monoisotopic (exact) mass is 370 g/mol. The molecular formula is C17H15ClN6O2. The number of para-hydroxylation sites is 2. The Balaban J connectivity index is 1.89. The molecule has 0 atom stereocenters. The second kappa shape index (κ2) is 7.24. The van der Waals surface area contributed by atoms with Gasteiger partial charge in [-0.25, -0.2) is 9.97 Å². The molecule has 8 nitrogen and oxygen atoms in total. The molecule has 0 aliphatic carbocycles. The number of nitrogen functional groups attached to an aromatic ring is 1. The van der Waals surface area contributed by atoms with E-state index < -0.39 is 4.92 Å². The quantitative estimate of drug-likeness (QED) is 0.394. The summed E-state index contributed by atoms with van der Waals surface area (Å²) in [6.07, 6.45) is 1.38. The van der Waals surface area contributed by atoms with Gasteiger partial charge < -0.3 is 16.0 Å². The molecule has 0 bridgehead atoms. The zero-order chi connectivity index (χ0) is 18.7. The Morgan fingerprint density at radius 3 is 2.69 bits per heavy atom. The molecule has 0 saturated heterocycles. The number of anilines is 5. The van der Waals surface area contributed by atoms with Gasteiger partial charge in [-0.3, -0.25) is 10.1 Å². The minimum Gasteiger partial charge on any atom is -0.398 e. The van der Waals surface area contributed by atoms with Crippen LogP contribution in [0.25, 0.3) is 0 Å². The number of nitrogens with two attached hydrogens (primary N) is 1. The lowest BCUT2D eigenvalue weighted by Crippen LogP contribution is -2.12. The number of nitro benzene ring substituents is 1. The van der Waals surface area contributed by atoms with Gasteiger partial charge in [0, 0.05) is 24.9 Å². The predicted octanol–water partition coefficient (Wildman–Crippen LogP) is 4.13. The van der Waals surface area contributed by atoms with Crippen LogP contribution in [-0.2, 0) is 0 Å². The van der Waals surface area contributed by atoms with Crippen LogP contribution in [0.2, 0.25) is 5.02 Å². The molecule has 26 heavy (non-hydrogen) atoms. The smallest absolute Gasteiger partial charge is 0.292 e. The number of hydrogen-bond donors (Lipinski definition) is 2. The summed E-state index contributed by atoms with van der Waals surface area (Å²) in [4.78, 5) is 20.8. The first kappa shape index (κ1) is 17.4. The average Bonchev–Trinajstić information content (AvgIpc) is 2.64. The Kier molecular flexibility index (Phi) is 4.85. The predicted molar refractivity (Wildman–Crippen MR) is 102 cm³/mol. The summed E-state index contributed by atoms with van der Waals surface area (Å²) in [5, 5.41) is 14.5. The molecule has 1 aromatic heterocycles. The number of benzene rings is 2. The second-order valence-corrected chi connectivity index (χ2v) is 5.83. The van der Waals surface area contributed by atoms with Gasteiger partial charge in [-0.05, 0) is 24.3 Å². The first-order chi connectivity index (χ1) is 12.5. The highest BCUT2D eigenvalue weighted by Gasteiger charge is 2.14. The second-order valence-electron chi connectivity index (χ2n) is 5.43. The molecule has 3 rings (SSSR count). The summed E-state index contributed by atoms with van der Waals surface area (Å²) in [6.45, 7) is 0. The van der Waals surface area contributed by atoms with Crippen LogP contribution in [0.4, 0.5) is 34.4 Å². The minimum atomic E-state index is -0.451. The Hall–Kier alpha value is -3.39. The first-order valence-electron chi connectivity index (χ1n) is 7.57. The number of nitrogens with zero attached hydrogens (tertiary/aromatic N) is 4. The number of halogens is 1. The van der Waals surface area contributed by atoms with Gasteiger partial charge in [0.1, 0.15) is 23.7 Å². The van der Waals surface area contributed by atoms with Crippen LogP contribution in [0.1, 0.15) is 0 Å². The molecule has 0 unspecified atom stereocenters. The summed E-state index contributed by atoms with van der Waals surface area (Å²) in [7, 11) is 1.82. The molecular weight excluding hydrogens is 356 g/mol. The van der Waals surface area contributed by atoms with E-state index in [1.54, 1.807) is 41.3 Å². The Labute approximate surface area is 154 Å². The highest BCUT2D eigenvalue weighted by Crippen LogP contribution is 2.30. The van der Waals surface area contributed by atoms with Gasteiger partial charge in [-0.15, -0.1) is 0 Å². The Morgan fingerprint density at radius 2 is 1.96 bits per heavy atom. The maximum absolute atomic E-state index is 11.1. The summed E-state index contributed by atoms with van der Waals surface area (Å²) < 4.78 is 0. The fourth-order valence-electron chi connectivity index (χ4n) is 2.33. The third-order valence-corrected chi connectivity index (χ3v) is 4.06. The van der Waals surface area contributed by atoms with Crippen molar-refractivity contribution in [1.29, 1.82) is 0 Å². The summed E-state index contributed by atoms with van der Waals surface area (Å²) in [5.41, 5.74) is 7.33. The Bertz CT molecular complexity index is 965. The van der Waals surface area contributed by atoms with Gasteiger partial charge in [-0.1, -0.05) is 23.7 Å². The molecule has 1 heterocycles. The van der Waals surface area contributed by atoms with E-state index in [1.807, 2.05) is 13.1 Å². The highest BCUT2D eigenvalue weighted by atomic mass is 35.5. The van der Waals surface area contributed by atoms with Gasteiger partial charge in [0.15, 0.2) is 0 Å². The van der Waals surface area contributed by atoms with E-state index in [2.05, 4.69) is 15.3 Å². The van der Waals surface area contributed by atoms with Crippen LogP contribution < -0.4 is 16.0 Å². The van der Waals surface area contributed by atoms with Crippen LogP contribution in [-0.4, -0.2) is 21.9 Å². The molecule has 0 fully saturated rings. The van der Waals surface area contributed by atoms with Crippen molar-refractivity contribution in [2.75, 3.05) is 23.0 Å². The molecule has 0 aliphatic heterocycles. The summed E-state index contributed by atoms with van der Waals surface area (Å²) in [5.74, 6) is 1.01. The van der Waals surface area contributed by atoms with Crippen LogP contribution in [0.15, 0.2) is 54.9 Å². The van der Waals surface area contributed by atoms with E-state index in [0.29, 0.717) is 28.0 Å². The third-order valence-electron chi connectivity index (χ3n) is 3.73. The minimum absolute atomic E-state index is 0.0358. The van der Waals surface area contributed by atoms with Crippen molar-refractivity contribution in [3.8, 4) is 0 Å². The fraction of sp³-hybridized carbons (Fsp3) is 0.0588. The topological polar surface area (TPSA) is 110 Å². The fourth-order valence-corrected chi connectivity index (χ4v) is 2.51. The SMILES string of the molecule is CN(c1ccc(N)c(Cl)c1)c1cc(Nc2ccccc2[N+](=O)[O-])ncn1. The van der Waals surface area contributed by atoms with Crippen LogP contribution >= 0.6 is 11.6 Å². The number of rotatable bonds is 5. The van der Waals surface area contributed by atoms with E-state index in [9.17, 15) is 10.1 Å². The molecule has 3 N–H and O–H groups in total.